The van der Waals surface area contributed by atoms with Crippen LogP contribution in [0, 0.1) is 5.82 Å². The molecule has 1 atom stereocenters. The van der Waals surface area contributed by atoms with Gasteiger partial charge in [-0.1, -0.05) is 12.1 Å². The van der Waals surface area contributed by atoms with E-state index < -0.39 is 17.4 Å². The van der Waals surface area contributed by atoms with E-state index in [2.05, 4.69) is 5.10 Å². The number of hydrogen-bond donors (Lipinski definition) is 0. The first kappa shape index (κ1) is 15.6. The van der Waals surface area contributed by atoms with Crippen LogP contribution in [0.2, 0.25) is 0 Å². The summed E-state index contributed by atoms with van der Waals surface area (Å²) in [6.07, 6.45) is 2.06. The summed E-state index contributed by atoms with van der Waals surface area (Å²) >= 11 is -0.249. The molecule has 2 aromatic rings. The van der Waals surface area contributed by atoms with Gasteiger partial charge in [-0.25, -0.2) is 4.39 Å². The number of ketones is 1. The standard InChI is InChI=1S/C13H10F4N2OS/c1-8(19-7-10(14)6-18-19)12(20)9-2-4-11(5-3-9)21-13(15,16)17/h2-8H,1H3/t8-/m1/s1. The van der Waals surface area contributed by atoms with Gasteiger partial charge in [0, 0.05) is 10.5 Å². The quantitative estimate of drug-likeness (QED) is 0.484. The molecule has 0 N–H and O–H groups in total. The Hall–Kier alpha value is -1.83. The Morgan fingerprint density at radius 2 is 1.90 bits per heavy atom. The Bertz CT molecular complexity index is 636. The predicted octanol–water partition coefficient (Wildman–Crippen LogP) is 4.08. The smallest absolute Gasteiger partial charge is 0.292 e. The molecule has 112 valence electrons. The lowest BCUT2D eigenvalue weighted by molar-refractivity contribution is -0.0328. The molecule has 0 fully saturated rings. The van der Waals surface area contributed by atoms with Crippen LogP contribution in [0.1, 0.15) is 23.3 Å². The van der Waals surface area contributed by atoms with Gasteiger partial charge in [0.2, 0.25) is 0 Å². The zero-order valence-electron chi connectivity index (χ0n) is 10.8. The molecule has 1 heterocycles. The fraction of sp³-hybridized carbons (Fsp3) is 0.231. The summed E-state index contributed by atoms with van der Waals surface area (Å²) in [5.41, 5.74) is -4.13. The highest BCUT2D eigenvalue weighted by molar-refractivity contribution is 8.00. The summed E-state index contributed by atoms with van der Waals surface area (Å²) < 4.78 is 50.6. The summed E-state index contributed by atoms with van der Waals surface area (Å²) in [6, 6.07) is 4.33. The molecule has 0 amide bonds. The van der Waals surface area contributed by atoms with E-state index in [-0.39, 0.29) is 28.0 Å². The van der Waals surface area contributed by atoms with Gasteiger partial charge in [-0.05, 0) is 30.8 Å². The van der Waals surface area contributed by atoms with Crippen LogP contribution >= 0.6 is 11.8 Å². The van der Waals surface area contributed by atoms with Gasteiger partial charge in [0.25, 0.3) is 0 Å². The fourth-order valence-corrected chi connectivity index (χ4v) is 2.25. The summed E-state index contributed by atoms with van der Waals surface area (Å²) in [4.78, 5) is 12.1. The van der Waals surface area contributed by atoms with Crippen LogP contribution in [-0.4, -0.2) is 21.1 Å². The van der Waals surface area contributed by atoms with Crippen molar-refractivity contribution < 1.29 is 22.4 Å². The fourth-order valence-electron chi connectivity index (χ4n) is 1.71. The Morgan fingerprint density at radius 1 is 1.29 bits per heavy atom. The molecule has 0 aliphatic heterocycles. The first-order chi connectivity index (χ1) is 9.76. The number of alkyl halides is 3. The average molecular weight is 318 g/mol. The molecule has 0 saturated carbocycles. The molecule has 0 saturated heterocycles. The molecule has 0 aliphatic rings. The van der Waals surface area contributed by atoms with Crippen LogP contribution < -0.4 is 0 Å². The highest BCUT2D eigenvalue weighted by atomic mass is 32.2. The highest BCUT2D eigenvalue weighted by Crippen LogP contribution is 2.36. The molecule has 3 nitrogen and oxygen atoms in total. The minimum atomic E-state index is -4.37. The maximum Gasteiger partial charge on any atom is 0.446 e. The molecule has 0 radical (unpaired) electrons. The lowest BCUT2D eigenvalue weighted by Gasteiger charge is -2.11. The van der Waals surface area contributed by atoms with Gasteiger partial charge in [0.1, 0.15) is 6.04 Å². The zero-order valence-corrected chi connectivity index (χ0v) is 11.6. The van der Waals surface area contributed by atoms with Gasteiger partial charge < -0.3 is 0 Å². The molecule has 0 unspecified atom stereocenters. The number of carbonyl (C=O) groups is 1. The Morgan fingerprint density at radius 3 is 2.38 bits per heavy atom. The maximum atomic E-state index is 12.9. The Labute approximate surface area is 122 Å². The summed E-state index contributed by atoms with van der Waals surface area (Å²) in [6.45, 7) is 1.53. The van der Waals surface area contributed by atoms with Gasteiger partial charge >= 0.3 is 5.51 Å². The van der Waals surface area contributed by atoms with E-state index in [0.29, 0.717) is 0 Å². The molecule has 1 aromatic heterocycles. The Kier molecular flexibility index (Phi) is 4.36. The molecule has 2 rings (SSSR count). The topological polar surface area (TPSA) is 34.9 Å². The van der Waals surface area contributed by atoms with Gasteiger partial charge in [-0.15, -0.1) is 0 Å². The van der Waals surface area contributed by atoms with Crippen LogP contribution in [0.5, 0.6) is 0 Å². The molecule has 8 heteroatoms. The Balaban J connectivity index is 2.13. The van der Waals surface area contributed by atoms with Crippen LogP contribution in [-0.2, 0) is 0 Å². The summed E-state index contributed by atoms with van der Waals surface area (Å²) in [5, 5.41) is 3.70. The third-order valence-corrected chi connectivity index (χ3v) is 3.46. The number of rotatable bonds is 4. The second-order valence-electron chi connectivity index (χ2n) is 4.25. The van der Waals surface area contributed by atoms with Crippen molar-refractivity contribution >= 4 is 17.5 Å². The molecule has 0 bridgehead atoms. The average Bonchev–Trinajstić information content (AvgIpc) is 2.83. The van der Waals surface area contributed by atoms with E-state index >= 15 is 0 Å². The van der Waals surface area contributed by atoms with Crippen molar-refractivity contribution in [3.8, 4) is 0 Å². The number of nitrogens with zero attached hydrogens (tertiary/aromatic N) is 2. The molecular weight excluding hydrogens is 308 g/mol. The monoisotopic (exact) mass is 318 g/mol. The van der Waals surface area contributed by atoms with Crippen molar-refractivity contribution in [2.75, 3.05) is 0 Å². The van der Waals surface area contributed by atoms with E-state index in [9.17, 15) is 22.4 Å². The van der Waals surface area contributed by atoms with Gasteiger partial charge in [-0.2, -0.15) is 18.3 Å². The molecule has 1 aromatic carbocycles. The third-order valence-electron chi connectivity index (χ3n) is 2.72. The number of thioether (sulfide) groups is 1. The SMILES string of the molecule is C[C@H](C(=O)c1ccc(SC(F)(F)F)cc1)n1cc(F)cn1. The number of aromatic nitrogens is 2. The van der Waals surface area contributed by atoms with E-state index in [1.807, 2.05) is 0 Å². The van der Waals surface area contributed by atoms with E-state index in [1.54, 1.807) is 0 Å². The minimum Gasteiger partial charge on any atom is -0.292 e. The van der Waals surface area contributed by atoms with Gasteiger partial charge in [-0.3, -0.25) is 9.48 Å². The van der Waals surface area contributed by atoms with Crippen molar-refractivity contribution in [2.24, 2.45) is 0 Å². The van der Waals surface area contributed by atoms with Crippen molar-refractivity contribution in [3.05, 3.63) is 48.0 Å². The second-order valence-corrected chi connectivity index (χ2v) is 5.39. The summed E-state index contributed by atoms with van der Waals surface area (Å²) in [7, 11) is 0. The van der Waals surface area contributed by atoms with Crippen molar-refractivity contribution in [3.63, 3.8) is 0 Å². The van der Waals surface area contributed by atoms with E-state index in [4.69, 9.17) is 0 Å². The lowest BCUT2D eigenvalue weighted by Crippen LogP contribution is -2.17. The normalized spacial score (nSPS) is 13.2. The first-order valence-corrected chi connectivity index (χ1v) is 6.67. The van der Waals surface area contributed by atoms with Crippen LogP contribution in [0.25, 0.3) is 0 Å². The van der Waals surface area contributed by atoms with Crippen LogP contribution in [0.4, 0.5) is 17.6 Å². The van der Waals surface area contributed by atoms with Crippen molar-refractivity contribution in [1.29, 1.82) is 0 Å². The largest absolute Gasteiger partial charge is 0.446 e. The third kappa shape index (κ3) is 4.07. The van der Waals surface area contributed by atoms with Crippen molar-refractivity contribution in [2.45, 2.75) is 23.4 Å². The second kappa shape index (κ2) is 5.88. The number of carbonyl (C=O) groups excluding carboxylic acids is 1. The number of Topliss-reactive ketones (excluding diaryl/α,β-unsaturated/α-hetero) is 1. The lowest BCUT2D eigenvalue weighted by atomic mass is 10.1. The predicted molar refractivity (Wildman–Crippen MR) is 69.6 cm³/mol. The van der Waals surface area contributed by atoms with Gasteiger partial charge in [0.05, 0.1) is 12.4 Å². The van der Waals surface area contributed by atoms with Gasteiger partial charge in [0.15, 0.2) is 11.6 Å². The minimum absolute atomic E-state index is 0.00293. The number of halogens is 4. The highest BCUT2D eigenvalue weighted by Gasteiger charge is 2.29. The van der Waals surface area contributed by atoms with Crippen molar-refractivity contribution in [1.82, 2.24) is 9.78 Å². The molecule has 0 aliphatic carbocycles. The number of hydrogen-bond acceptors (Lipinski definition) is 3. The van der Waals surface area contributed by atoms with E-state index in [0.717, 1.165) is 17.1 Å². The summed E-state index contributed by atoms with van der Waals surface area (Å²) in [5.74, 6) is -0.923. The molecule has 0 spiro atoms. The molecular formula is C13H10F4N2OS. The molecule has 21 heavy (non-hydrogen) atoms. The maximum absolute atomic E-state index is 12.9. The van der Waals surface area contributed by atoms with Crippen LogP contribution in [0.3, 0.4) is 0 Å². The number of benzene rings is 1. The van der Waals surface area contributed by atoms with E-state index in [1.165, 1.54) is 31.2 Å². The van der Waals surface area contributed by atoms with Crippen LogP contribution in [0.15, 0.2) is 41.6 Å². The zero-order chi connectivity index (χ0) is 15.6. The first-order valence-electron chi connectivity index (χ1n) is 5.86.